The van der Waals surface area contributed by atoms with E-state index in [-0.39, 0.29) is 0 Å². The van der Waals surface area contributed by atoms with Crippen LogP contribution in [0.2, 0.25) is 0 Å². The third-order valence-electron chi connectivity index (χ3n) is 1.92. The lowest BCUT2D eigenvalue weighted by atomic mass is 10.3. The van der Waals surface area contributed by atoms with Gasteiger partial charge in [-0.15, -0.1) is 0 Å². The normalized spacial score (nSPS) is 10.2. The molecule has 16 heavy (non-hydrogen) atoms. The maximum absolute atomic E-state index is 5.71. The van der Waals surface area contributed by atoms with Gasteiger partial charge in [-0.25, -0.2) is 0 Å². The van der Waals surface area contributed by atoms with Crippen molar-refractivity contribution in [1.29, 1.82) is 0 Å². The Morgan fingerprint density at radius 1 is 0.750 bits per heavy atom. The first-order chi connectivity index (χ1) is 7.65. The molecule has 0 aliphatic carbocycles. The molecule has 0 radical (unpaired) electrons. The Balaban J connectivity index is 2.24. The second-order valence-corrected chi connectivity index (χ2v) is 5.76. The highest BCUT2D eigenvalue weighted by molar-refractivity contribution is 9.13. The summed E-state index contributed by atoms with van der Waals surface area (Å²) in [5.41, 5.74) is 0. The van der Waals surface area contributed by atoms with E-state index in [1.165, 1.54) is 0 Å². The number of halogens is 3. The molecule has 0 aromatic heterocycles. The Morgan fingerprint density at radius 3 is 2.19 bits per heavy atom. The summed E-state index contributed by atoms with van der Waals surface area (Å²) in [4.78, 5) is 0. The van der Waals surface area contributed by atoms with Crippen LogP contribution >= 0.6 is 47.8 Å². The van der Waals surface area contributed by atoms with Crippen molar-refractivity contribution in [2.24, 2.45) is 0 Å². The third kappa shape index (κ3) is 3.09. The van der Waals surface area contributed by atoms with E-state index in [2.05, 4.69) is 47.8 Å². The van der Waals surface area contributed by atoms with Gasteiger partial charge in [0.15, 0.2) is 0 Å². The summed E-state index contributed by atoms with van der Waals surface area (Å²) in [7, 11) is 0. The molecule has 2 aromatic rings. The lowest BCUT2D eigenvalue weighted by Crippen LogP contribution is -1.84. The Morgan fingerprint density at radius 2 is 1.50 bits per heavy atom. The smallest absolute Gasteiger partial charge is 0.128 e. The maximum Gasteiger partial charge on any atom is 0.128 e. The third-order valence-corrected chi connectivity index (χ3v) is 4.30. The van der Waals surface area contributed by atoms with Crippen LogP contribution in [0.1, 0.15) is 0 Å². The first-order valence-corrected chi connectivity index (χ1v) is 6.91. The Labute approximate surface area is 119 Å². The van der Waals surface area contributed by atoms with Crippen LogP contribution in [-0.4, -0.2) is 0 Å². The van der Waals surface area contributed by atoms with Gasteiger partial charge in [-0.2, -0.15) is 0 Å². The van der Waals surface area contributed by atoms with Gasteiger partial charge >= 0.3 is 0 Å². The molecule has 0 saturated heterocycles. The van der Waals surface area contributed by atoms with Crippen molar-refractivity contribution in [2.75, 3.05) is 0 Å². The van der Waals surface area contributed by atoms with E-state index in [9.17, 15) is 0 Å². The average molecular weight is 407 g/mol. The average Bonchev–Trinajstić information content (AvgIpc) is 2.24. The molecule has 0 bridgehead atoms. The minimum atomic E-state index is 0.799. The summed E-state index contributed by atoms with van der Waals surface area (Å²) in [5, 5.41) is 0. The molecule has 2 aromatic carbocycles. The predicted octanol–water partition coefficient (Wildman–Crippen LogP) is 5.77. The van der Waals surface area contributed by atoms with E-state index >= 15 is 0 Å². The molecule has 0 aliphatic rings. The number of hydrogen-bond acceptors (Lipinski definition) is 1. The molecule has 4 heteroatoms. The molecule has 0 fully saturated rings. The largest absolute Gasteiger partial charge is 0.457 e. The SMILES string of the molecule is Brc1cccc(Oc2ccc(Br)c(Br)c2)c1. The molecule has 0 amide bonds. The van der Waals surface area contributed by atoms with Gasteiger partial charge < -0.3 is 4.74 Å². The van der Waals surface area contributed by atoms with E-state index in [1.54, 1.807) is 0 Å². The highest BCUT2D eigenvalue weighted by Gasteiger charge is 2.01. The van der Waals surface area contributed by atoms with Crippen LogP contribution in [0.4, 0.5) is 0 Å². The quantitative estimate of drug-likeness (QED) is 0.615. The second-order valence-electron chi connectivity index (χ2n) is 3.14. The van der Waals surface area contributed by atoms with Gasteiger partial charge in [-0.05, 0) is 68.3 Å². The Kier molecular flexibility index (Phi) is 4.05. The lowest BCUT2D eigenvalue weighted by molar-refractivity contribution is 0.482. The summed E-state index contributed by atoms with van der Waals surface area (Å²) in [6, 6.07) is 13.5. The van der Waals surface area contributed by atoms with E-state index in [1.807, 2.05) is 42.5 Å². The van der Waals surface area contributed by atoms with E-state index in [0.29, 0.717) is 0 Å². The Hall–Kier alpha value is -0.320. The number of hydrogen-bond donors (Lipinski definition) is 0. The summed E-state index contributed by atoms with van der Waals surface area (Å²) in [6.07, 6.45) is 0. The highest BCUT2D eigenvalue weighted by atomic mass is 79.9. The summed E-state index contributed by atoms with van der Waals surface area (Å²) in [6.45, 7) is 0. The zero-order chi connectivity index (χ0) is 11.5. The van der Waals surface area contributed by atoms with Crippen molar-refractivity contribution in [3.8, 4) is 11.5 Å². The Bertz CT molecular complexity index is 511. The molecular weight excluding hydrogens is 400 g/mol. The van der Waals surface area contributed by atoms with Crippen LogP contribution in [0, 0.1) is 0 Å². The van der Waals surface area contributed by atoms with Crippen LogP contribution in [0.5, 0.6) is 11.5 Å². The molecular formula is C12H7Br3O. The first kappa shape index (κ1) is 12.1. The van der Waals surface area contributed by atoms with Crippen molar-refractivity contribution in [3.63, 3.8) is 0 Å². The van der Waals surface area contributed by atoms with E-state index in [4.69, 9.17) is 4.74 Å². The van der Waals surface area contributed by atoms with Crippen molar-refractivity contribution < 1.29 is 4.74 Å². The fourth-order valence-corrected chi connectivity index (χ4v) is 2.19. The van der Waals surface area contributed by atoms with Crippen molar-refractivity contribution in [2.45, 2.75) is 0 Å². The monoisotopic (exact) mass is 404 g/mol. The highest BCUT2D eigenvalue weighted by Crippen LogP contribution is 2.30. The van der Waals surface area contributed by atoms with Crippen molar-refractivity contribution in [3.05, 3.63) is 55.9 Å². The topological polar surface area (TPSA) is 9.23 Å². The van der Waals surface area contributed by atoms with Gasteiger partial charge in [-0.1, -0.05) is 22.0 Å². The molecule has 1 nitrogen and oxygen atoms in total. The molecule has 0 heterocycles. The van der Waals surface area contributed by atoms with Gasteiger partial charge in [0, 0.05) is 13.4 Å². The molecule has 0 atom stereocenters. The minimum Gasteiger partial charge on any atom is -0.457 e. The minimum absolute atomic E-state index is 0.799. The van der Waals surface area contributed by atoms with Gasteiger partial charge in [0.05, 0.1) is 0 Å². The van der Waals surface area contributed by atoms with Crippen LogP contribution in [0.3, 0.4) is 0 Å². The summed E-state index contributed by atoms with van der Waals surface area (Å²) < 4.78 is 8.70. The fourth-order valence-electron chi connectivity index (χ4n) is 1.21. The second kappa shape index (κ2) is 5.34. The number of rotatable bonds is 2. The van der Waals surface area contributed by atoms with Gasteiger partial charge in [-0.3, -0.25) is 0 Å². The van der Waals surface area contributed by atoms with Crippen molar-refractivity contribution in [1.82, 2.24) is 0 Å². The fraction of sp³-hybridized carbons (Fsp3) is 0. The number of benzene rings is 2. The number of ether oxygens (including phenoxy) is 1. The zero-order valence-corrected chi connectivity index (χ0v) is 12.8. The van der Waals surface area contributed by atoms with E-state index < -0.39 is 0 Å². The van der Waals surface area contributed by atoms with Crippen LogP contribution in [0.25, 0.3) is 0 Å². The predicted molar refractivity (Wildman–Crippen MR) is 76.1 cm³/mol. The van der Waals surface area contributed by atoms with Gasteiger partial charge in [0.2, 0.25) is 0 Å². The molecule has 0 aliphatic heterocycles. The molecule has 0 saturated carbocycles. The standard InChI is InChI=1S/C12H7Br3O/c13-8-2-1-3-9(6-8)16-10-4-5-11(14)12(15)7-10/h1-7H. The maximum atomic E-state index is 5.71. The molecule has 0 spiro atoms. The zero-order valence-electron chi connectivity index (χ0n) is 8.08. The van der Waals surface area contributed by atoms with Crippen molar-refractivity contribution >= 4 is 47.8 Å². The van der Waals surface area contributed by atoms with Crippen LogP contribution < -0.4 is 4.74 Å². The van der Waals surface area contributed by atoms with Gasteiger partial charge in [0.25, 0.3) is 0 Å². The molecule has 2 rings (SSSR count). The van der Waals surface area contributed by atoms with E-state index in [0.717, 1.165) is 24.9 Å². The van der Waals surface area contributed by atoms with Crippen LogP contribution in [0.15, 0.2) is 55.9 Å². The molecule has 0 unspecified atom stereocenters. The summed E-state index contributed by atoms with van der Waals surface area (Å²) in [5.74, 6) is 1.61. The lowest BCUT2D eigenvalue weighted by Gasteiger charge is -2.06. The molecule has 82 valence electrons. The van der Waals surface area contributed by atoms with Gasteiger partial charge in [0.1, 0.15) is 11.5 Å². The summed E-state index contributed by atoms with van der Waals surface area (Å²) >= 11 is 10.3. The first-order valence-electron chi connectivity index (χ1n) is 4.53. The molecule has 0 N–H and O–H groups in total. The van der Waals surface area contributed by atoms with Crippen LogP contribution in [-0.2, 0) is 0 Å².